The molecule has 0 bridgehead atoms. The molecule has 0 radical (unpaired) electrons. The lowest BCUT2D eigenvalue weighted by atomic mass is 9.80. The number of fused-ring (bicyclic) bond motifs is 3. The van der Waals surface area contributed by atoms with E-state index in [0.29, 0.717) is 24.8 Å². The minimum absolute atomic E-state index is 0.175. The second kappa shape index (κ2) is 7.89. The van der Waals surface area contributed by atoms with Crippen LogP contribution in [0.25, 0.3) is 16.6 Å². The van der Waals surface area contributed by atoms with Crippen LogP contribution in [0.15, 0.2) is 18.6 Å². The van der Waals surface area contributed by atoms with Crippen molar-refractivity contribution in [2.75, 3.05) is 19.6 Å². The molecule has 1 atom stereocenters. The molecule has 10 heteroatoms. The van der Waals surface area contributed by atoms with E-state index in [1.54, 1.807) is 10.8 Å². The van der Waals surface area contributed by atoms with Gasteiger partial charge in [0.1, 0.15) is 17.5 Å². The Morgan fingerprint density at radius 1 is 1.16 bits per heavy atom. The van der Waals surface area contributed by atoms with E-state index in [1.165, 1.54) is 0 Å². The standard InChI is InChI=1S/C21H25F3N6O/c22-21(23,24)17(31)9-14-6-8-29(11-14)10-13-1-3-15(4-2-13)18-19-16-5-7-25-20(16)26-12-30(19)28-27-18/h5,7,12-15,25H,1-4,6,8-11H2/t13?,14-,15?/m1/s1. The zero-order valence-electron chi connectivity index (χ0n) is 17.1. The molecule has 7 nitrogen and oxygen atoms in total. The van der Waals surface area contributed by atoms with Gasteiger partial charge in [-0.25, -0.2) is 9.50 Å². The Morgan fingerprint density at radius 2 is 1.97 bits per heavy atom. The maximum absolute atomic E-state index is 12.5. The Hall–Kier alpha value is -2.49. The monoisotopic (exact) mass is 434 g/mol. The van der Waals surface area contributed by atoms with Crippen molar-refractivity contribution in [2.45, 2.75) is 50.6 Å². The topological polar surface area (TPSA) is 79.2 Å². The van der Waals surface area contributed by atoms with Crippen LogP contribution < -0.4 is 0 Å². The van der Waals surface area contributed by atoms with Crippen LogP contribution in [0, 0.1) is 11.8 Å². The maximum Gasteiger partial charge on any atom is 0.449 e. The van der Waals surface area contributed by atoms with E-state index >= 15 is 0 Å². The first-order valence-electron chi connectivity index (χ1n) is 10.9. The predicted molar refractivity (Wildman–Crippen MR) is 108 cm³/mol. The third-order valence-electron chi connectivity index (χ3n) is 6.91. The normalized spacial score (nSPS) is 25.6. The molecule has 31 heavy (non-hydrogen) atoms. The summed E-state index contributed by atoms with van der Waals surface area (Å²) in [5.74, 6) is -0.882. The first kappa shape index (κ1) is 20.4. The SMILES string of the molecule is O=C(C[C@H]1CCN(CC2CCC(c3nnn4cnc5[nH]ccc5c34)CC2)C1)C(F)(F)F. The molecule has 3 aromatic rings. The van der Waals surface area contributed by atoms with Gasteiger partial charge >= 0.3 is 6.18 Å². The van der Waals surface area contributed by atoms with Crippen molar-refractivity contribution in [3.63, 3.8) is 0 Å². The number of Topliss-reactive ketones (excluding diaryl/α,β-unsaturated/α-hetero) is 1. The molecular formula is C21H25F3N6O. The lowest BCUT2D eigenvalue weighted by Gasteiger charge is -2.30. The van der Waals surface area contributed by atoms with Crippen molar-refractivity contribution in [3.05, 3.63) is 24.3 Å². The number of nitrogens with zero attached hydrogens (tertiary/aromatic N) is 5. The number of carbonyl (C=O) groups excluding carboxylic acids is 1. The van der Waals surface area contributed by atoms with Crippen LogP contribution in [0.3, 0.4) is 0 Å². The highest BCUT2D eigenvalue weighted by Crippen LogP contribution is 2.38. The lowest BCUT2D eigenvalue weighted by Crippen LogP contribution is -2.31. The maximum atomic E-state index is 12.5. The Kier molecular flexibility index (Phi) is 5.19. The number of aromatic nitrogens is 5. The molecule has 3 aromatic heterocycles. The van der Waals surface area contributed by atoms with Crippen molar-refractivity contribution in [3.8, 4) is 0 Å². The second-order valence-corrected chi connectivity index (χ2v) is 9.01. The summed E-state index contributed by atoms with van der Waals surface area (Å²) in [5, 5.41) is 9.74. The summed E-state index contributed by atoms with van der Waals surface area (Å²) >= 11 is 0. The average molecular weight is 434 g/mol. The minimum Gasteiger partial charge on any atom is -0.346 e. The Balaban J connectivity index is 1.17. The number of hydrogen-bond donors (Lipinski definition) is 1. The number of alkyl halides is 3. The van der Waals surface area contributed by atoms with Crippen molar-refractivity contribution < 1.29 is 18.0 Å². The molecule has 5 rings (SSSR count). The molecule has 1 saturated heterocycles. The van der Waals surface area contributed by atoms with Gasteiger partial charge in [-0.2, -0.15) is 13.2 Å². The van der Waals surface area contributed by atoms with Gasteiger partial charge in [-0.05, 0) is 56.6 Å². The number of carbonyl (C=O) groups is 1. The van der Waals surface area contributed by atoms with Crippen LogP contribution in [0.2, 0.25) is 0 Å². The van der Waals surface area contributed by atoms with Gasteiger partial charge in [0.2, 0.25) is 5.78 Å². The molecule has 1 saturated carbocycles. The van der Waals surface area contributed by atoms with Crippen LogP contribution in [0.1, 0.15) is 50.1 Å². The first-order chi connectivity index (χ1) is 14.9. The number of H-pyrrole nitrogens is 1. The molecule has 0 amide bonds. The van der Waals surface area contributed by atoms with Crippen LogP contribution in [0.5, 0.6) is 0 Å². The van der Waals surface area contributed by atoms with Crippen LogP contribution in [0.4, 0.5) is 13.2 Å². The molecule has 2 aliphatic rings. The molecule has 0 aromatic carbocycles. The molecule has 166 valence electrons. The molecule has 0 unspecified atom stereocenters. The molecular weight excluding hydrogens is 409 g/mol. The van der Waals surface area contributed by atoms with Crippen LogP contribution in [-0.2, 0) is 4.79 Å². The molecule has 1 N–H and O–H groups in total. The summed E-state index contributed by atoms with van der Waals surface area (Å²) in [4.78, 5) is 21.0. The zero-order valence-corrected chi connectivity index (χ0v) is 17.1. The highest BCUT2D eigenvalue weighted by atomic mass is 19.4. The summed E-state index contributed by atoms with van der Waals surface area (Å²) < 4.78 is 39.3. The van der Waals surface area contributed by atoms with Gasteiger partial charge in [0.15, 0.2) is 0 Å². The molecule has 0 spiro atoms. The fraction of sp³-hybridized carbons (Fsp3) is 0.619. The van der Waals surface area contributed by atoms with E-state index in [4.69, 9.17) is 0 Å². The summed E-state index contributed by atoms with van der Waals surface area (Å²) in [6, 6.07) is 2.00. The Morgan fingerprint density at radius 3 is 2.74 bits per heavy atom. The predicted octanol–water partition coefficient (Wildman–Crippen LogP) is 3.72. The van der Waals surface area contributed by atoms with Crippen LogP contribution >= 0.6 is 0 Å². The number of rotatable bonds is 5. The van der Waals surface area contributed by atoms with Crippen molar-refractivity contribution in [1.29, 1.82) is 0 Å². The van der Waals surface area contributed by atoms with E-state index in [9.17, 15) is 18.0 Å². The number of hydrogen-bond acceptors (Lipinski definition) is 5. The van der Waals surface area contributed by atoms with Crippen LogP contribution in [-0.4, -0.2) is 61.3 Å². The molecule has 4 heterocycles. The van der Waals surface area contributed by atoms with Gasteiger partial charge < -0.3 is 9.88 Å². The number of aromatic amines is 1. The average Bonchev–Trinajstić information content (AvgIpc) is 3.46. The molecule has 2 fully saturated rings. The van der Waals surface area contributed by atoms with E-state index in [2.05, 4.69) is 25.2 Å². The summed E-state index contributed by atoms with van der Waals surface area (Å²) in [7, 11) is 0. The van der Waals surface area contributed by atoms with Gasteiger partial charge in [0.25, 0.3) is 0 Å². The highest BCUT2D eigenvalue weighted by Gasteiger charge is 2.40. The summed E-state index contributed by atoms with van der Waals surface area (Å²) in [6.07, 6.45) is 3.32. The second-order valence-electron chi connectivity index (χ2n) is 9.01. The van der Waals surface area contributed by atoms with Gasteiger partial charge in [-0.15, -0.1) is 5.10 Å². The number of halogens is 3. The van der Waals surface area contributed by atoms with E-state index in [1.807, 2.05) is 12.3 Å². The van der Waals surface area contributed by atoms with Crippen molar-refractivity contribution >= 4 is 22.3 Å². The fourth-order valence-electron chi connectivity index (χ4n) is 5.30. The fourth-order valence-corrected chi connectivity index (χ4v) is 5.30. The third kappa shape index (κ3) is 4.05. The first-order valence-corrected chi connectivity index (χ1v) is 10.9. The van der Waals surface area contributed by atoms with Gasteiger partial charge in [0.05, 0.1) is 5.69 Å². The van der Waals surface area contributed by atoms with Gasteiger partial charge in [0, 0.05) is 37.0 Å². The summed E-state index contributed by atoms with van der Waals surface area (Å²) in [5.41, 5.74) is 2.88. The quantitative estimate of drug-likeness (QED) is 0.662. The molecule has 1 aliphatic carbocycles. The van der Waals surface area contributed by atoms with E-state index < -0.39 is 12.0 Å². The zero-order chi connectivity index (χ0) is 21.6. The third-order valence-corrected chi connectivity index (χ3v) is 6.91. The Labute approximate surface area is 177 Å². The largest absolute Gasteiger partial charge is 0.449 e. The minimum atomic E-state index is -4.71. The number of ketones is 1. The highest BCUT2D eigenvalue weighted by molar-refractivity contribution is 5.92. The van der Waals surface area contributed by atoms with E-state index in [0.717, 1.165) is 61.0 Å². The molecule has 1 aliphatic heterocycles. The van der Waals surface area contributed by atoms with E-state index in [-0.39, 0.29) is 12.3 Å². The lowest BCUT2D eigenvalue weighted by molar-refractivity contribution is -0.172. The summed E-state index contributed by atoms with van der Waals surface area (Å²) in [6.45, 7) is 2.28. The number of likely N-dealkylation sites (tertiary alicyclic amines) is 1. The smallest absolute Gasteiger partial charge is 0.346 e. The van der Waals surface area contributed by atoms with Gasteiger partial charge in [-0.1, -0.05) is 5.21 Å². The number of nitrogens with one attached hydrogen (secondary N) is 1. The Bertz CT molecular complexity index is 1080. The van der Waals surface area contributed by atoms with Crippen molar-refractivity contribution in [1.82, 2.24) is 29.7 Å². The van der Waals surface area contributed by atoms with Gasteiger partial charge in [-0.3, -0.25) is 4.79 Å². The van der Waals surface area contributed by atoms with Crippen molar-refractivity contribution in [2.24, 2.45) is 11.8 Å².